The van der Waals surface area contributed by atoms with Gasteiger partial charge in [0.25, 0.3) is 0 Å². The normalized spacial score (nSPS) is 12.1. The van der Waals surface area contributed by atoms with Crippen molar-refractivity contribution >= 4 is 28.5 Å². The molecule has 3 rings (SSSR count). The summed E-state index contributed by atoms with van der Waals surface area (Å²) in [6, 6.07) is 10.4. The van der Waals surface area contributed by atoms with E-state index >= 15 is 0 Å². The summed E-state index contributed by atoms with van der Waals surface area (Å²) in [5.74, 6) is -2.96. The monoisotopic (exact) mass is 376 g/mol. The van der Waals surface area contributed by atoms with Crippen LogP contribution in [0.4, 0.5) is 4.39 Å². The van der Waals surface area contributed by atoms with Crippen molar-refractivity contribution in [2.75, 3.05) is 7.11 Å². The highest BCUT2D eigenvalue weighted by Crippen LogP contribution is 2.39. The molecule has 1 heterocycles. The van der Waals surface area contributed by atoms with Gasteiger partial charge in [-0.25, -0.2) is 9.18 Å². The molecule has 1 aromatic heterocycles. The number of hydrogen-bond donors (Lipinski definition) is 1. The number of methoxy groups -OCH3 is 1. The lowest BCUT2D eigenvalue weighted by atomic mass is 9.87. The van der Waals surface area contributed by atoms with Gasteiger partial charge >= 0.3 is 11.6 Å². The molecule has 5 nitrogen and oxygen atoms in total. The van der Waals surface area contributed by atoms with Crippen molar-refractivity contribution in [3.63, 3.8) is 0 Å². The maximum absolute atomic E-state index is 14.5. The zero-order valence-corrected chi connectivity index (χ0v) is 14.4. The summed E-state index contributed by atoms with van der Waals surface area (Å²) in [4.78, 5) is 24.4. The second kappa shape index (κ2) is 7.17. The number of rotatable bonds is 4. The van der Waals surface area contributed by atoms with E-state index in [0.29, 0.717) is 0 Å². The molecule has 0 amide bonds. The van der Waals surface area contributed by atoms with E-state index in [0.717, 1.165) is 6.07 Å². The number of halogens is 2. The summed E-state index contributed by atoms with van der Waals surface area (Å²) in [6.07, 6.45) is -0.395. The van der Waals surface area contributed by atoms with Crippen LogP contribution < -0.4 is 5.63 Å². The molecule has 1 atom stereocenters. The van der Waals surface area contributed by atoms with Gasteiger partial charge in [0.05, 0.1) is 24.5 Å². The molecule has 7 heteroatoms. The number of benzene rings is 2. The lowest BCUT2D eigenvalue weighted by molar-refractivity contribution is -0.140. The van der Waals surface area contributed by atoms with Gasteiger partial charge < -0.3 is 14.3 Å². The van der Waals surface area contributed by atoms with Crippen molar-refractivity contribution in [3.05, 3.63) is 74.9 Å². The molecule has 134 valence electrons. The van der Waals surface area contributed by atoms with E-state index in [-0.39, 0.29) is 32.9 Å². The molecular formula is C19H14ClFO5. The Labute approximate surface area is 152 Å². The van der Waals surface area contributed by atoms with Gasteiger partial charge in [-0.15, -0.1) is 0 Å². The Morgan fingerprint density at radius 3 is 2.65 bits per heavy atom. The van der Waals surface area contributed by atoms with Crippen LogP contribution in [0.3, 0.4) is 0 Å². The topological polar surface area (TPSA) is 76.7 Å². The molecule has 0 saturated heterocycles. The van der Waals surface area contributed by atoms with Crippen LogP contribution in [0.1, 0.15) is 23.5 Å². The van der Waals surface area contributed by atoms with Crippen molar-refractivity contribution in [3.8, 4) is 5.75 Å². The molecule has 1 unspecified atom stereocenters. The molecular weight excluding hydrogens is 363 g/mol. The van der Waals surface area contributed by atoms with Gasteiger partial charge in [-0.05, 0) is 24.3 Å². The van der Waals surface area contributed by atoms with Crippen LogP contribution in [-0.4, -0.2) is 18.2 Å². The Hall–Kier alpha value is -2.86. The molecule has 0 bridgehead atoms. The number of fused-ring (bicyclic) bond motifs is 1. The lowest BCUT2D eigenvalue weighted by Crippen LogP contribution is -2.19. The van der Waals surface area contributed by atoms with E-state index in [9.17, 15) is 19.1 Å². The zero-order valence-electron chi connectivity index (χ0n) is 13.7. The van der Waals surface area contributed by atoms with E-state index in [2.05, 4.69) is 4.74 Å². The number of carbonyl (C=O) groups is 1. The number of ether oxygens (including phenoxy) is 1. The van der Waals surface area contributed by atoms with Crippen molar-refractivity contribution in [1.82, 2.24) is 0 Å². The van der Waals surface area contributed by atoms with Crippen LogP contribution >= 0.6 is 11.6 Å². The van der Waals surface area contributed by atoms with Crippen molar-refractivity contribution in [1.29, 1.82) is 0 Å². The van der Waals surface area contributed by atoms with E-state index in [1.807, 2.05) is 0 Å². The van der Waals surface area contributed by atoms with E-state index in [1.54, 1.807) is 18.2 Å². The third kappa shape index (κ3) is 3.15. The van der Waals surface area contributed by atoms with Gasteiger partial charge in [-0.1, -0.05) is 29.8 Å². The minimum absolute atomic E-state index is 0.0193. The summed E-state index contributed by atoms with van der Waals surface area (Å²) in [5, 5.41) is 10.9. The molecule has 0 aliphatic rings. The van der Waals surface area contributed by atoms with Crippen LogP contribution in [0.15, 0.2) is 51.7 Å². The first-order chi connectivity index (χ1) is 12.4. The lowest BCUT2D eigenvalue weighted by Gasteiger charge is -2.19. The van der Waals surface area contributed by atoms with Crippen LogP contribution in [0.2, 0.25) is 5.02 Å². The summed E-state index contributed by atoms with van der Waals surface area (Å²) in [5.41, 5.74) is -1.04. The highest BCUT2D eigenvalue weighted by molar-refractivity contribution is 6.31. The highest BCUT2D eigenvalue weighted by Gasteiger charge is 2.30. The molecule has 1 N–H and O–H groups in total. The van der Waals surface area contributed by atoms with E-state index < -0.39 is 29.8 Å². The second-order valence-electron chi connectivity index (χ2n) is 5.62. The molecule has 0 spiro atoms. The number of aromatic hydroxyl groups is 1. The number of esters is 1. The maximum atomic E-state index is 14.5. The molecule has 26 heavy (non-hydrogen) atoms. The van der Waals surface area contributed by atoms with Gasteiger partial charge in [0.2, 0.25) is 0 Å². The third-order valence-corrected chi connectivity index (χ3v) is 4.44. The Bertz CT molecular complexity index is 1020. The average molecular weight is 377 g/mol. The Balaban J connectivity index is 2.31. The largest absolute Gasteiger partial charge is 0.507 e. The fourth-order valence-corrected chi connectivity index (χ4v) is 3.19. The first kappa shape index (κ1) is 17.9. The summed E-state index contributed by atoms with van der Waals surface area (Å²) in [6.45, 7) is 0. The third-order valence-electron chi connectivity index (χ3n) is 4.11. The SMILES string of the molecule is COC(=O)CC(c1c(F)cccc1Cl)c1c(O)c2ccccc2oc1=O. The highest BCUT2D eigenvalue weighted by atomic mass is 35.5. The Morgan fingerprint density at radius 2 is 1.96 bits per heavy atom. The van der Waals surface area contributed by atoms with Gasteiger partial charge in [-0.2, -0.15) is 0 Å². The summed E-state index contributed by atoms with van der Waals surface area (Å²) < 4.78 is 24.4. The predicted molar refractivity (Wildman–Crippen MR) is 94.0 cm³/mol. The molecule has 2 aromatic carbocycles. The standard InChI is InChI=1S/C19H14ClFO5/c1-25-15(22)9-11(16-12(20)6-4-7-13(16)21)17-18(23)10-5-2-3-8-14(10)26-19(17)24/h2-8,11,23H,9H2,1H3. The first-order valence-electron chi connectivity index (χ1n) is 7.69. The summed E-state index contributed by atoms with van der Waals surface area (Å²) >= 11 is 6.12. The van der Waals surface area contributed by atoms with Crippen LogP contribution in [0.25, 0.3) is 11.0 Å². The van der Waals surface area contributed by atoms with Gasteiger partial charge in [-0.3, -0.25) is 4.79 Å². The fraction of sp³-hybridized carbons (Fsp3) is 0.158. The van der Waals surface area contributed by atoms with Crippen LogP contribution in [0.5, 0.6) is 5.75 Å². The van der Waals surface area contributed by atoms with E-state index in [4.69, 9.17) is 16.0 Å². The second-order valence-corrected chi connectivity index (χ2v) is 6.02. The summed E-state index contributed by atoms with van der Waals surface area (Å²) in [7, 11) is 1.17. The fourth-order valence-electron chi connectivity index (χ4n) is 2.90. The van der Waals surface area contributed by atoms with Gasteiger partial charge in [0.1, 0.15) is 17.1 Å². The molecule has 0 aliphatic carbocycles. The zero-order chi connectivity index (χ0) is 18.8. The van der Waals surface area contributed by atoms with E-state index in [1.165, 1.54) is 25.3 Å². The minimum atomic E-state index is -1.17. The predicted octanol–water partition coefficient (Wildman–Crippen LogP) is 3.99. The average Bonchev–Trinajstić information content (AvgIpc) is 2.61. The van der Waals surface area contributed by atoms with Gasteiger partial charge in [0.15, 0.2) is 0 Å². The molecule has 0 fully saturated rings. The quantitative estimate of drug-likeness (QED) is 0.550. The Morgan fingerprint density at radius 1 is 1.23 bits per heavy atom. The van der Waals surface area contributed by atoms with Crippen LogP contribution in [0, 0.1) is 5.82 Å². The minimum Gasteiger partial charge on any atom is -0.507 e. The molecule has 0 radical (unpaired) electrons. The van der Waals surface area contributed by atoms with Crippen LogP contribution in [-0.2, 0) is 9.53 Å². The van der Waals surface area contributed by atoms with Crippen molar-refractivity contribution in [2.24, 2.45) is 0 Å². The number of carbonyl (C=O) groups excluding carboxylic acids is 1. The Kier molecular flexibility index (Phi) is 4.95. The first-order valence-corrected chi connectivity index (χ1v) is 8.07. The maximum Gasteiger partial charge on any atom is 0.343 e. The molecule has 0 saturated carbocycles. The molecule has 3 aromatic rings. The van der Waals surface area contributed by atoms with Gasteiger partial charge in [0, 0.05) is 16.5 Å². The smallest absolute Gasteiger partial charge is 0.343 e. The van der Waals surface area contributed by atoms with Crippen molar-refractivity contribution in [2.45, 2.75) is 12.3 Å². The molecule has 0 aliphatic heterocycles. The number of para-hydroxylation sites is 1. The van der Waals surface area contributed by atoms with Crippen molar-refractivity contribution < 1.29 is 23.4 Å². The number of hydrogen-bond acceptors (Lipinski definition) is 5.